The van der Waals surface area contributed by atoms with Crippen molar-refractivity contribution in [2.45, 2.75) is 44.6 Å². The maximum Gasteiger partial charge on any atom is 0.352 e. The van der Waals surface area contributed by atoms with Gasteiger partial charge in [-0.05, 0) is 18.9 Å². The molecule has 0 amide bonds. The van der Waals surface area contributed by atoms with Gasteiger partial charge in [-0.3, -0.25) is 0 Å². The van der Waals surface area contributed by atoms with Gasteiger partial charge in [0.25, 0.3) is 0 Å². The monoisotopic (exact) mass is 288 g/mol. The minimum absolute atomic E-state index is 0.00211. The Kier molecular flexibility index (Phi) is 5.56. The Morgan fingerprint density at radius 3 is 2.58 bits per heavy atom. The van der Waals surface area contributed by atoms with Gasteiger partial charge in [0.05, 0.1) is 0 Å². The van der Waals surface area contributed by atoms with Crippen LogP contribution in [0.5, 0.6) is 0 Å². The molecule has 0 atom stereocenters. The van der Waals surface area contributed by atoms with Gasteiger partial charge < -0.3 is 9.67 Å². The summed E-state index contributed by atoms with van der Waals surface area (Å²) >= 11 is 0. The molecule has 1 rings (SSSR count). The van der Waals surface area contributed by atoms with Crippen LogP contribution in [-0.2, 0) is 16.6 Å². The quantitative estimate of drug-likeness (QED) is 0.712. The van der Waals surface area contributed by atoms with Gasteiger partial charge in [-0.15, -0.1) is 0 Å². The van der Waals surface area contributed by atoms with Gasteiger partial charge in [-0.25, -0.2) is 17.9 Å². The summed E-state index contributed by atoms with van der Waals surface area (Å²) in [4.78, 5) is 11.1. The minimum atomic E-state index is -3.62. The summed E-state index contributed by atoms with van der Waals surface area (Å²) in [5, 5.41) is 9.05. The number of nitrogens with one attached hydrogen (secondary N) is 1. The summed E-state index contributed by atoms with van der Waals surface area (Å²) in [6.07, 6.45) is 3.75. The fourth-order valence-electron chi connectivity index (χ4n) is 1.70. The van der Waals surface area contributed by atoms with E-state index in [4.69, 9.17) is 5.11 Å². The zero-order valence-corrected chi connectivity index (χ0v) is 12.0. The predicted octanol–water partition coefficient (Wildman–Crippen LogP) is 1.67. The van der Waals surface area contributed by atoms with Gasteiger partial charge in [-0.2, -0.15) is 0 Å². The number of carbonyl (C=O) groups is 1. The Morgan fingerprint density at radius 2 is 2.05 bits per heavy atom. The van der Waals surface area contributed by atoms with Gasteiger partial charge in [0.15, 0.2) is 0 Å². The van der Waals surface area contributed by atoms with E-state index in [-0.39, 0.29) is 10.6 Å². The Hall–Kier alpha value is -1.34. The van der Waals surface area contributed by atoms with E-state index < -0.39 is 16.0 Å². The first-order chi connectivity index (χ1) is 8.92. The molecule has 0 bridgehead atoms. The van der Waals surface area contributed by atoms with Crippen LogP contribution in [0.4, 0.5) is 0 Å². The Balaban J connectivity index is 3.00. The highest BCUT2D eigenvalue weighted by Gasteiger charge is 2.20. The lowest BCUT2D eigenvalue weighted by Crippen LogP contribution is -2.24. The number of aromatic carboxylic acids is 1. The van der Waals surface area contributed by atoms with Crippen LogP contribution in [0.3, 0.4) is 0 Å². The smallest absolute Gasteiger partial charge is 0.352 e. The predicted molar refractivity (Wildman–Crippen MR) is 71.8 cm³/mol. The first-order valence-electron chi connectivity index (χ1n) is 6.35. The van der Waals surface area contributed by atoms with E-state index in [1.54, 1.807) is 0 Å². The molecule has 0 unspecified atom stereocenters. The standard InChI is InChI=1S/C12H20N2O4S/c1-3-5-6-13-19(17,18)10-8-11(12(15)16)14(9-10)7-4-2/h8-9,13H,3-7H2,1-2H3,(H,15,16). The molecule has 0 saturated carbocycles. The van der Waals surface area contributed by atoms with E-state index in [2.05, 4.69) is 4.72 Å². The van der Waals surface area contributed by atoms with Crippen molar-refractivity contribution in [2.24, 2.45) is 0 Å². The van der Waals surface area contributed by atoms with Crippen molar-refractivity contribution in [1.29, 1.82) is 0 Å². The Morgan fingerprint density at radius 1 is 1.37 bits per heavy atom. The van der Waals surface area contributed by atoms with Crippen molar-refractivity contribution in [1.82, 2.24) is 9.29 Å². The number of aromatic nitrogens is 1. The average Bonchev–Trinajstić information content (AvgIpc) is 2.74. The number of aryl methyl sites for hydroxylation is 1. The van der Waals surface area contributed by atoms with Crippen molar-refractivity contribution in [3.05, 3.63) is 18.0 Å². The van der Waals surface area contributed by atoms with Crippen molar-refractivity contribution in [3.63, 3.8) is 0 Å². The molecule has 6 nitrogen and oxygen atoms in total. The fraction of sp³-hybridized carbons (Fsp3) is 0.583. The summed E-state index contributed by atoms with van der Waals surface area (Å²) in [6.45, 7) is 4.71. The van der Waals surface area contributed by atoms with Gasteiger partial charge in [0, 0.05) is 19.3 Å². The van der Waals surface area contributed by atoms with E-state index in [0.717, 1.165) is 19.3 Å². The molecular formula is C12H20N2O4S. The molecule has 0 aliphatic carbocycles. The number of carboxylic acid groups (broad SMARTS) is 1. The number of sulfonamides is 1. The topological polar surface area (TPSA) is 88.4 Å². The van der Waals surface area contributed by atoms with Crippen LogP contribution in [0, 0.1) is 0 Å². The summed E-state index contributed by atoms with van der Waals surface area (Å²) in [7, 11) is -3.62. The third kappa shape index (κ3) is 4.07. The van der Waals surface area contributed by atoms with Gasteiger partial charge in [-0.1, -0.05) is 20.3 Å². The van der Waals surface area contributed by atoms with Crippen molar-refractivity contribution in [3.8, 4) is 0 Å². The molecular weight excluding hydrogens is 268 g/mol. The lowest BCUT2D eigenvalue weighted by Gasteiger charge is -2.04. The number of hydrogen-bond donors (Lipinski definition) is 2. The van der Waals surface area contributed by atoms with E-state index in [0.29, 0.717) is 13.1 Å². The number of carboxylic acids is 1. The second kappa shape index (κ2) is 6.72. The summed E-state index contributed by atoms with van der Waals surface area (Å²) < 4.78 is 27.9. The zero-order valence-electron chi connectivity index (χ0n) is 11.2. The van der Waals surface area contributed by atoms with Crippen LogP contribution in [0.1, 0.15) is 43.6 Å². The molecule has 7 heteroatoms. The number of unbranched alkanes of at least 4 members (excludes halogenated alkanes) is 1. The number of nitrogens with zero attached hydrogens (tertiary/aromatic N) is 1. The normalized spacial score (nSPS) is 11.7. The maximum atomic E-state index is 12.0. The average molecular weight is 288 g/mol. The molecule has 0 fully saturated rings. The third-order valence-electron chi connectivity index (χ3n) is 2.69. The first-order valence-corrected chi connectivity index (χ1v) is 7.83. The summed E-state index contributed by atoms with van der Waals surface area (Å²) in [5.41, 5.74) is -0.00211. The second-order valence-corrected chi connectivity index (χ2v) is 6.08. The largest absolute Gasteiger partial charge is 0.477 e. The number of rotatable bonds is 8. The highest BCUT2D eigenvalue weighted by Crippen LogP contribution is 2.15. The first kappa shape index (κ1) is 15.7. The van der Waals surface area contributed by atoms with Crippen LogP contribution in [0.15, 0.2) is 17.2 Å². The van der Waals surface area contributed by atoms with Crippen molar-refractivity contribution in [2.75, 3.05) is 6.54 Å². The van der Waals surface area contributed by atoms with Crippen molar-refractivity contribution >= 4 is 16.0 Å². The van der Waals surface area contributed by atoms with Gasteiger partial charge in [0.1, 0.15) is 10.6 Å². The Labute approximate surface area is 113 Å². The molecule has 0 aliphatic rings. The highest BCUT2D eigenvalue weighted by molar-refractivity contribution is 7.89. The molecule has 0 spiro atoms. The van der Waals surface area contributed by atoms with E-state index >= 15 is 0 Å². The Bertz CT molecular complexity index is 534. The van der Waals surface area contributed by atoms with Gasteiger partial charge in [0.2, 0.25) is 10.0 Å². The zero-order chi connectivity index (χ0) is 14.5. The third-order valence-corrected chi connectivity index (χ3v) is 4.12. The molecule has 108 valence electrons. The van der Waals surface area contributed by atoms with Crippen LogP contribution in [0.2, 0.25) is 0 Å². The van der Waals surface area contributed by atoms with E-state index in [1.165, 1.54) is 16.8 Å². The molecule has 1 aromatic heterocycles. The maximum absolute atomic E-state index is 12.0. The number of hydrogen-bond acceptors (Lipinski definition) is 3. The fourth-order valence-corrected chi connectivity index (χ4v) is 2.81. The summed E-state index contributed by atoms with van der Waals surface area (Å²) in [6, 6.07) is 1.20. The van der Waals surface area contributed by atoms with Crippen molar-refractivity contribution < 1.29 is 18.3 Å². The van der Waals surface area contributed by atoms with E-state index in [1.807, 2.05) is 13.8 Å². The molecule has 2 N–H and O–H groups in total. The van der Waals surface area contributed by atoms with Crippen LogP contribution < -0.4 is 4.72 Å². The molecule has 0 radical (unpaired) electrons. The molecule has 1 aromatic rings. The second-order valence-electron chi connectivity index (χ2n) is 4.31. The highest BCUT2D eigenvalue weighted by atomic mass is 32.2. The van der Waals surface area contributed by atoms with Crippen LogP contribution >= 0.6 is 0 Å². The van der Waals surface area contributed by atoms with Crippen LogP contribution in [0.25, 0.3) is 0 Å². The molecule has 19 heavy (non-hydrogen) atoms. The van der Waals surface area contributed by atoms with Crippen LogP contribution in [-0.4, -0.2) is 30.6 Å². The molecule has 0 saturated heterocycles. The SMILES string of the molecule is CCCCNS(=O)(=O)c1cc(C(=O)O)n(CCC)c1. The van der Waals surface area contributed by atoms with E-state index in [9.17, 15) is 13.2 Å². The molecule has 0 aromatic carbocycles. The minimum Gasteiger partial charge on any atom is -0.477 e. The lowest BCUT2D eigenvalue weighted by atomic mass is 10.3. The molecule has 0 aliphatic heterocycles. The molecule has 1 heterocycles. The summed E-state index contributed by atoms with van der Waals surface area (Å²) in [5.74, 6) is -1.12. The van der Waals surface area contributed by atoms with Gasteiger partial charge >= 0.3 is 5.97 Å². The lowest BCUT2D eigenvalue weighted by molar-refractivity contribution is 0.0685.